The van der Waals surface area contributed by atoms with Gasteiger partial charge in [0.2, 0.25) is 0 Å². The number of hydrogen-bond acceptors (Lipinski definition) is 2. The number of benzene rings is 1. The summed E-state index contributed by atoms with van der Waals surface area (Å²) in [5, 5.41) is 0. The average Bonchev–Trinajstić information content (AvgIpc) is 2.79. The first-order valence-corrected chi connectivity index (χ1v) is 5.65. The molecule has 16 heavy (non-hydrogen) atoms. The molecule has 0 aliphatic rings. The molecule has 1 aromatic carbocycles. The normalized spacial score (nSPS) is 10.5. The zero-order valence-corrected chi connectivity index (χ0v) is 9.34. The number of nitrogen functional groups attached to an aromatic ring is 1. The second kappa shape index (κ2) is 5.35. The first-order chi connectivity index (χ1) is 7.86. The van der Waals surface area contributed by atoms with E-state index >= 15 is 0 Å². The highest BCUT2D eigenvalue weighted by Gasteiger charge is 1.97. The number of para-hydroxylation sites is 1. The van der Waals surface area contributed by atoms with Gasteiger partial charge >= 0.3 is 0 Å². The van der Waals surface area contributed by atoms with Crippen molar-refractivity contribution < 1.29 is 0 Å². The topological polar surface area (TPSA) is 43.8 Å². The number of rotatable bonds is 5. The Labute approximate surface area is 95.9 Å². The number of imidazole rings is 1. The zero-order valence-electron chi connectivity index (χ0n) is 9.34. The van der Waals surface area contributed by atoms with Gasteiger partial charge in [-0.05, 0) is 30.9 Å². The van der Waals surface area contributed by atoms with Gasteiger partial charge in [-0.2, -0.15) is 0 Å². The molecule has 3 nitrogen and oxygen atoms in total. The smallest absolute Gasteiger partial charge is 0.0945 e. The van der Waals surface area contributed by atoms with Crippen LogP contribution < -0.4 is 5.73 Å². The highest BCUT2D eigenvalue weighted by atomic mass is 15.0. The molecule has 0 radical (unpaired) electrons. The van der Waals surface area contributed by atoms with E-state index in [1.54, 1.807) is 0 Å². The summed E-state index contributed by atoms with van der Waals surface area (Å²) >= 11 is 0. The molecule has 1 heterocycles. The van der Waals surface area contributed by atoms with Gasteiger partial charge in [0.25, 0.3) is 0 Å². The maximum atomic E-state index is 5.88. The van der Waals surface area contributed by atoms with Gasteiger partial charge < -0.3 is 10.3 Å². The van der Waals surface area contributed by atoms with Crippen molar-refractivity contribution in [3.63, 3.8) is 0 Å². The third kappa shape index (κ3) is 2.86. The van der Waals surface area contributed by atoms with Gasteiger partial charge in [0.1, 0.15) is 0 Å². The molecule has 0 aliphatic carbocycles. The molecule has 2 aromatic rings. The fourth-order valence-corrected chi connectivity index (χ4v) is 1.79. The summed E-state index contributed by atoms with van der Waals surface area (Å²) in [7, 11) is 0. The lowest BCUT2D eigenvalue weighted by Gasteiger charge is -2.05. The first-order valence-electron chi connectivity index (χ1n) is 5.65. The van der Waals surface area contributed by atoms with E-state index in [4.69, 9.17) is 5.73 Å². The van der Waals surface area contributed by atoms with Crippen molar-refractivity contribution in [3.05, 3.63) is 48.5 Å². The lowest BCUT2D eigenvalue weighted by molar-refractivity contribution is 0.609. The van der Waals surface area contributed by atoms with Crippen LogP contribution in [0, 0.1) is 0 Å². The van der Waals surface area contributed by atoms with Crippen molar-refractivity contribution in [1.29, 1.82) is 0 Å². The second-order valence-electron chi connectivity index (χ2n) is 3.96. The summed E-state index contributed by atoms with van der Waals surface area (Å²) in [6, 6.07) is 8.09. The molecular formula is C13H17N3. The Morgan fingerprint density at radius 2 is 2.06 bits per heavy atom. The predicted octanol–water partition coefficient (Wildman–Crippen LogP) is 2.49. The molecule has 0 amide bonds. The summed E-state index contributed by atoms with van der Waals surface area (Å²) in [6.07, 6.45) is 9.04. The molecule has 0 fully saturated rings. The van der Waals surface area contributed by atoms with Gasteiger partial charge in [0.05, 0.1) is 6.33 Å². The Hall–Kier alpha value is -1.77. The Kier molecular flexibility index (Phi) is 3.59. The van der Waals surface area contributed by atoms with Gasteiger partial charge in [0, 0.05) is 24.6 Å². The Bertz CT molecular complexity index is 421. The average molecular weight is 215 g/mol. The molecule has 0 spiro atoms. The van der Waals surface area contributed by atoms with Crippen LogP contribution in [0.15, 0.2) is 43.0 Å². The van der Waals surface area contributed by atoms with Gasteiger partial charge in [0.15, 0.2) is 0 Å². The second-order valence-corrected chi connectivity index (χ2v) is 3.96. The molecular weight excluding hydrogens is 198 g/mol. The van der Waals surface area contributed by atoms with E-state index < -0.39 is 0 Å². The number of hydrogen-bond donors (Lipinski definition) is 1. The quantitative estimate of drug-likeness (QED) is 0.615. The van der Waals surface area contributed by atoms with E-state index in [2.05, 4.69) is 15.6 Å². The molecule has 0 saturated carbocycles. The number of aromatic nitrogens is 2. The molecule has 0 unspecified atom stereocenters. The highest BCUT2D eigenvalue weighted by Crippen LogP contribution is 2.13. The van der Waals surface area contributed by atoms with Gasteiger partial charge in [-0.3, -0.25) is 0 Å². The number of nitrogens with zero attached hydrogens (tertiary/aromatic N) is 2. The summed E-state index contributed by atoms with van der Waals surface area (Å²) in [6.45, 7) is 1.03. The fraction of sp³-hybridized carbons (Fsp3) is 0.308. The van der Waals surface area contributed by atoms with Crippen molar-refractivity contribution >= 4 is 5.69 Å². The van der Waals surface area contributed by atoms with Crippen LogP contribution in [0.1, 0.15) is 18.4 Å². The number of nitrogens with two attached hydrogens (primary N) is 1. The van der Waals surface area contributed by atoms with Crippen LogP contribution in [0.25, 0.3) is 0 Å². The van der Waals surface area contributed by atoms with E-state index in [1.807, 2.05) is 36.9 Å². The third-order valence-corrected chi connectivity index (χ3v) is 2.73. The fourth-order valence-electron chi connectivity index (χ4n) is 1.79. The Morgan fingerprint density at radius 3 is 2.81 bits per heavy atom. The van der Waals surface area contributed by atoms with Crippen LogP contribution >= 0.6 is 0 Å². The third-order valence-electron chi connectivity index (χ3n) is 2.73. The predicted molar refractivity (Wildman–Crippen MR) is 66.0 cm³/mol. The van der Waals surface area contributed by atoms with Crippen molar-refractivity contribution in [3.8, 4) is 0 Å². The van der Waals surface area contributed by atoms with Crippen molar-refractivity contribution in [2.24, 2.45) is 0 Å². The van der Waals surface area contributed by atoms with E-state index in [9.17, 15) is 0 Å². The molecule has 0 saturated heterocycles. The lowest BCUT2D eigenvalue weighted by Crippen LogP contribution is -1.97. The highest BCUT2D eigenvalue weighted by molar-refractivity contribution is 5.46. The molecule has 84 valence electrons. The van der Waals surface area contributed by atoms with Crippen LogP contribution in [0.5, 0.6) is 0 Å². The van der Waals surface area contributed by atoms with Gasteiger partial charge in [-0.1, -0.05) is 18.2 Å². The maximum Gasteiger partial charge on any atom is 0.0945 e. The van der Waals surface area contributed by atoms with E-state index in [-0.39, 0.29) is 0 Å². The van der Waals surface area contributed by atoms with E-state index in [0.29, 0.717) is 0 Å². The Balaban J connectivity index is 1.74. The van der Waals surface area contributed by atoms with Crippen LogP contribution in [0.3, 0.4) is 0 Å². The molecule has 0 bridgehead atoms. The van der Waals surface area contributed by atoms with Crippen LogP contribution in [0.4, 0.5) is 5.69 Å². The largest absolute Gasteiger partial charge is 0.399 e. The lowest BCUT2D eigenvalue weighted by atomic mass is 10.1. The van der Waals surface area contributed by atoms with Gasteiger partial charge in [-0.15, -0.1) is 0 Å². The van der Waals surface area contributed by atoms with Crippen molar-refractivity contribution in [2.75, 3.05) is 5.73 Å². The summed E-state index contributed by atoms with van der Waals surface area (Å²) < 4.78 is 2.11. The number of aryl methyl sites for hydroxylation is 2. The first kappa shape index (κ1) is 10.7. The zero-order chi connectivity index (χ0) is 11.2. The minimum Gasteiger partial charge on any atom is -0.399 e. The van der Waals surface area contributed by atoms with E-state index in [1.165, 1.54) is 5.56 Å². The van der Waals surface area contributed by atoms with Crippen molar-refractivity contribution in [1.82, 2.24) is 9.55 Å². The molecule has 0 atom stereocenters. The maximum absolute atomic E-state index is 5.88. The number of anilines is 1. The summed E-state index contributed by atoms with van der Waals surface area (Å²) in [5.41, 5.74) is 8.05. The Morgan fingerprint density at radius 1 is 1.19 bits per heavy atom. The standard InChI is InChI=1S/C13H17N3/c14-13-7-2-1-5-12(13)6-3-4-9-16-10-8-15-11-16/h1-2,5,7-8,10-11H,3-4,6,9,14H2. The molecule has 1 aromatic heterocycles. The molecule has 3 heteroatoms. The monoisotopic (exact) mass is 215 g/mol. The molecule has 2 N–H and O–H groups in total. The molecule has 0 aliphatic heterocycles. The molecule has 2 rings (SSSR count). The van der Waals surface area contributed by atoms with E-state index in [0.717, 1.165) is 31.5 Å². The minimum absolute atomic E-state index is 0.908. The SMILES string of the molecule is Nc1ccccc1CCCCn1ccnc1. The summed E-state index contributed by atoms with van der Waals surface area (Å²) in [5.74, 6) is 0. The van der Waals surface area contributed by atoms with Crippen LogP contribution in [-0.4, -0.2) is 9.55 Å². The summed E-state index contributed by atoms with van der Waals surface area (Å²) in [4.78, 5) is 4.02. The van der Waals surface area contributed by atoms with Crippen LogP contribution in [0.2, 0.25) is 0 Å². The van der Waals surface area contributed by atoms with Gasteiger partial charge in [-0.25, -0.2) is 4.98 Å². The minimum atomic E-state index is 0.908. The van der Waals surface area contributed by atoms with Crippen LogP contribution in [-0.2, 0) is 13.0 Å². The number of unbranched alkanes of at least 4 members (excludes halogenated alkanes) is 1. The van der Waals surface area contributed by atoms with Crippen molar-refractivity contribution in [2.45, 2.75) is 25.8 Å².